The van der Waals surface area contributed by atoms with Crippen molar-refractivity contribution in [2.45, 2.75) is 64.3 Å². The molecular formula is C24H38N8O3. The van der Waals surface area contributed by atoms with Crippen molar-refractivity contribution >= 4 is 17.9 Å². The van der Waals surface area contributed by atoms with Crippen LogP contribution < -0.4 is 25.6 Å². The van der Waals surface area contributed by atoms with E-state index in [1.165, 1.54) is 0 Å². The minimum absolute atomic E-state index is 0.214. The largest absolute Gasteiger partial charge is 0.490 e. The summed E-state index contributed by atoms with van der Waals surface area (Å²) in [6.45, 7) is 9.22. The van der Waals surface area contributed by atoms with Gasteiger partial charge in [0.25, 0.3) is 0 Å². The molecule has 5 heterocycles. The molecule has 2 aromatic rings. The van der Waals surface area contributed by atoms with E-state index in [0.717, 1.165) is 83.0 Å². The maximum atomic E-state index is 10.4. The summed E-state index contributed by atoms with van der Waals surface area (Å²) in [5.41, 5.74) is 5.95. The summed E-state index contributed by atoms with van der Waals surface area (Å²) in [5, 5.41) is 6.79. The summed E-state index contributed by atoms with van der Waals surface area (Å²) >= 11 is 0. The highest BCUT2D eigenvalue weighted by molar-refractivity contribution is 5.76. The second kappa shape index (κ2) is 12.1. The van der Waals surface area contributed by atoms with Crippen molar-refractivity contribution in [3.63, 3.8) is 0 Å². The van der Waals surface area contributed by atoms with Gasteiger partial charge in [0.2, 0.25) is 11.9 Å². The van der Waals surface area contributed by atoms with E-state index in [1.54, 1.807) is 12.4 Å². The zero-order valence-electron chi connectivity index (χ0n) is 20.9. The van der Waals surface area contributed by atoms with Crippen molar-refractivity contribution in [1.82, 2.24) is 25.4 Å². The van der Waals surface area contributed by atoms with Gasteiger partial charge in [0.05, 0.1) is 19.0 Å². The number of piperidine rings is 2. The third-order valence-electron chi connectivity index (χ3n) is 6.59. The molecule has 5 rings (SSSR count). The van der Waals surface area contributed by atoms with Gasteiger partial charge in [0.15, 0.2) is 11.6 Å². The smallest absolute Gasteiger partial charge is 0.324 e. The van der Waals surface area contributed by atoms with Crippen LogP contribution in [0.2, 0.25) is 0 Å². The van der Waals surface area contributed by atoms with Gasteiger partial charge in [-0.05, 0) is 38.0 Å². The first-order valence-electron chi connectivity index (χ1n) is 12.8. The number of ether oxygens (including phenoxy) is 1. The lowest BCUT2D eigenvalue weighted by Crippen LogP contribution is -2.35. The lowest BCUT2D eigenvalue weighted by atomic mass is 9.98. The van der Waals surface area contributed by atoms with E-state index < -0.39 is 0 Å². The van der Waals surface area contributed by atoms with E-state index >= 15 is 0 Å². The molecule has 11 nitrogen and oxygen atoms in total. The summed E-state index contributed by atoms with van der Waals surface area (Å²) in [5.74, 6) is 3.20. The van der Waals surface area contributed by atoms with Crippen molar-refractivity contribution in [1.29, 1.82) is 0 Å². The van der Waals surface area contributed by atoms with Gasteiger partial charge < -0.3 is 30.1 Å². The molecule has 1 unspecified atom stereocenters. The molecular weight excluding hydrogens is 448 g/mol. The molecule has 3 fully saturated rings. The van der Waals surface area contributed by atoms with Gasteiger partial charge in [-0.2, -0.15) is 4.98 Å². The molecule has 0 saturated carbocycles. The molecule has 0 radical (unpaired) electrons. The molecule has 3 aliphatic rings. The molecule has 1 amide bonds. The number of anilines is 2. The first-order valence-corrected chi connectivity index (χ1v) is 12.8. The molecule has 3 aliphatic heterocycles. The Morgan fingerprint density at radius 3 is 2.43 bits per heavy atom. The Balaban J connectivity index is 0.000000356. The highest BCUT2D eigenvalue weighted by atomic mass is 16.5. The van der Waals surface area contributed by atoms with E-state index in [2.05, 4.69) is 49.1 Å². The molecule has 3 saturated heterocycles. The molecule has 0 aromatic carbocycles. The zero-order chi connectivity index (χ0) is 24.6. The number of rotatable bonds is 6. The predicted octanol–water partition coefficient (Wildman–Crippen LogP) is 2.10. The first kappa shape index (κ1) is 25.2. The monoisotopic (exact) mass is 486 g/mol. The molecule has 0 bridgehead atoms. The van der Waals surface area contributed by atoms with E-state index in [-0.39, 0.29) is 17.9 Å². The van der Waals surface area contributed by atoms with Crippen molar-refractivity contribution in [2.75, 3.05) is 49.1 Å². The summed E-state index contributed by atoms with van der Waals surface area (Å²) in [6, 6.07) is 0.850. The second-order valence-corrected chi connectivity index (χ2v) is 9.85. The van der Waals surface area contributed by atoms with Gasteiger partial charge in [-0.15, -0.1) is 0 Å². The van der Waals surface area contributed by atoms with Crippen molar-refractivity contribution in [2.24, 2.45) is 11.7 Å². The van der Waals surface area contributed by atoms with Crippen molar-refractivity contribution < 1.29 is 14.1 Å². The third-order valence-corrected chi connectivity index (χ3v) is 6.59. The van der Waals surface area contributed by atoms with E-state index in [0.29, 0.717) is 24.3 Å². The minimum atomic E-state index is 0.214. The van der Waals surface area contributed by atoms with Crippen LogP contribution in [0.15, 0.2) is 16.9 Å². The standard InChI is InChI=1S/C19H29N7O2.C5H9NO/c1-13(2)17-23-19(28-24-17)25-6-3-14(4-7-25)12-27-16-9-21-18(22-10-16)26-8-5-15(20)11-26;7-5-3-1-2-4-6-5/h9-10,13-15H,3-8,11-12,20H2,1-2H3;1-4H2,(H,6,7). The minimum Gasteiger partial charge on any atom is -0.490 e. The van der Waals surface area contributed by atoms with Crippen LogP contribution in [0.5, 0.6) is 5.75 Å². The fourth-order valence-corrected chi connectivity index (χ4v) is 4.34. The number of aromatic nitrogens is 4. The molecule has 11 heteroatoms. The van der Waals surface area contributed by atoms with Gasteiger partial charge in [-0.1, -0.05) is 19.0 Å². The Morgan fingerprint density at radius 2 is 1.89 bits per heavy atom. The van der Waals surface area contributed by atoms with E-state index in [9.17, 15) is 4.79 Å². The number of nitrogens with one attached hydrogen (secondary N) is 1. The number of amides is 1. The van der Waals surface area contributed by atoms with Crippen LogP contribution in [0, 0.1) is 5.92 Å². The average molecular weight is 487 g/mol. The molecule has 1 atom stereocenters. The molecule has 2 aromatic heterocycles. The van der Waals surface area contributed by atoms with Gasteiger partial charge in [0.1, 0.15) is 0 Å². The Kier molecular flexibility index (Phi) is 8.73. The molecule has 35 heavy (non-hydrogen) atoms. The Bertz CT molecular complexity index is 919. The Labute approximate surface area is 206 Å². The number of nitrogens with zero attached hydrogens (tertiary/aromatic N) is 6. The van der Waals surface area contributed by atoms with Gasteiger partial charge in [0, 0.05) is 51.1 Å². The van der Waals surface area contributed by atoms with Gasteiger partial charge in [-0.3, -0.25) is 4.79 Å². The fraction of sp³-hybridized carbons (Fsp3) is 0.708. The summed E-state index contributed by atoms with van der Waals surface area (Å²) < 4.78 is 11.3. The topological polar surface area (TPSA) is 136 Å². The summed E-state index contributed by atoms with van der Waals surface area (Å²) in [6.07, 6.45) is 9.54. The number of carbonyl (C=O) groups is 1. The first-order chi connectivity index (χ1) is 17.0. The second-order valence-electron chi connectivity index (χ2n) is 9.85. The highest BCUT2D eigenvalue weighted by Gasteiger charge is 2.24. The molecule has 0 aliphatic carbocycles. The van der Waals surface area contributed by atoms with Crippen LogP contribution in [0.1, 0.15) is 64.1 Å². The molecule has 0 spiro atoms. The highest BCUT2D eigenvalue weighted by Crippen LogP contribution is 2.24. The zero-order valence-corrected chi connectivity index (χ0v) is 20.9. The molecule has 3 N–H and O–H groups in total. The lowest BCUT2D eigenvalue weighted by Gasteiger charge is -2.30. The maximum absolute atomic E-state index is 10.4. The predicted molar refractivity (Wildman–Crippen MR) is 133 cm³/mol. The fourth-order valence-electron chi connectivity index (χ4n) is 4.34. The third kappa shape index (κ3) is 7.27. The van der Waals surface area contributed by atoms with Crippen molar-refractivity contribution in [3.8, 4) is 5.75 Å². The quantitative estimate of drug-likeness (QED) is 0.625. The van der Waals surface area contributed by atoms with Crippen LogP contribution in [0.4, 0.5) is 12.0 Å². The Hall–Kier alpha value is -2.95. The lowest BCUT2D eigenvalue weighted by molar-refractivity contribution is -0.122. The van der Waals surface area contributed by atoms with E-state index in [1.807, 2.05) is 0 Å². The SMILES string of the molecule is CC(C)c1noc(N2CCC(COc3cnc(N4CCC(N)C4)nc3)CC2)n1.O=C1CCCCN1. The number of hydrogen-bond acceptors (Lipinski definition) is 10. The van der Waals surface area contributed by atoms with Crippen LogP contribution in [0.3, 0.4) is 0 Å². The van der Waals surface area contributed by atoms with Crippen LogP contribution >= 0.6 is 0 Å². The van der Waals surface area contributed by atoms with Crippen LogP contribution in [0.25, 0.3) is 0 Å². The summed E-state index contributed by atoms with van der Waals surface area (Å²) in [7, 11) is 0. The van der Waals surface area contributed by atoms with Crippen LogP contribution in [-0.4, -0.2) is 71.4 Å². The number of nitrogens with two attached hydrogens (primary N) is 1. The van der Waals surface area contributed by atoms with Crippen LogP contribution in [-0.2, 0) is 4.79 Å². The summed E-state index contributed by atoms with van der Waals surface area (Å²) in [4.78, 5) is 28.0. The molecule has 192 valence electrons. The average Bonchev–Trinajstić information content (AvgIpc) is 3.54. The normalized spacial score (nSPS) is 21.0. The van der Waals surface area contributed by atoms with E-state index in [4.69, 9.17) is 15.0 Å². The Morgan fingerprint density at radius 1 is 1.14 bits per heavy atom. The number of carbonyl (C=O) groups excluding carboxylic acids is 1. The number of hydrogen-bond donors (Lipinski definition) is 2. The van der Waals surface area contributed by atoms with Crippen molar-refractivity contribution in [3.05, 3.63) is 18.2 Å². The maximum Gasteiger partial charge on any atom is 0.324 e. The van der Waals surface area contributed by atoms with Gasteiger partial charge >= 0.3 is 6.01 Å². The van der Waals surface area contributed by atoms with Gasteiger partial charge in [-0.25, -0.2) is 9.97 Å².